The number of H-pyrrole nitrogens is 1. The molecule has 3 nitrogen and oxygen atoms in total. The molecule has 0 amide bonds. The predicted octanol–water partition coefficient (Wildman–Crippen LogP) is 7.74. The molecule has 0 fully saturated rings. The van der Waals surface area contributed by atoms with E-state index in [0.717, 1.165) is 44.0 Å². The molecule has 0 saturated carbocycles. The van der Waals surface area contributed by atoms with Crippen molar-refractivity contribution in [2.24, 2.45) is 0 Å². The Bertz CT molecular complexity index is 2380. The second-order valence-electron chi connectivity index (χ2n) is 10.4. The smallest absolute Gasteiger partial charge is 0.0728 e. The van der Waals surface area contributed by atoms with Crippen molar-refractivity contribution in [2.45, 2.75) is 0 Å². The average molecular weight is 524 g/mol. The summed E-state index contributed by atoms with van der Waals surface area (Å²) in [5, 5.41) is 11.6. The van der Waals surface area contributed by atoms with Crippen molar-refractivity contribution in [3.8, 4) is 11.3 Å². The molecule has 0 bridgehead atoms. The van der Waals surface area contributed by atoms with Gasteiger partial charge in [-0.3, -0.25) is 9.97 Å². The maximum atomic E-state index is 4.76. The minimum atomic E-state index is 0.954. The van der Waals surface area contributed by atoms with E-state index in [1.807, 2.05) is 18.5 Å². The second-order valence-corrected chi connectivity index (χ2v) is 10.4. The average Bonchev–Trinajstić information content (AvgIpc) is 3.38. The van der Waals surface area contributed by atoms with Crippen molar-refractivity contribution < 1.29 is 0 Å². The van der Waals surface area contributed by atoms with Crippen LogP contribution in [0.15, 0.2) is 134 Å². The highest BCUT2D eigenvalue weighted by atomic mass is 14.7. The molecule has 0 aliphatic carbocycles. The molecule has 5 aromatic carbocycles. The zero-order valence-electron chi connectivity index (χ0n) is 22.3. The zero-order chi connectivity index (χ0) is 27.2. The van der Waals surface area contributed by atoms with Gasteiger partial charge in [-0.2, -0.15) is 0 Å². The van der Waals surface area contributed by atoms with Gasteiger partial charge < -0.3 is 4.98 Å². The summed E-state index contributed by atoms with van der Waals surface area (Å²) in [6.07, 6.45) is 8.25. The van der Waals surface area contributed by atoms with Crippen molar-refractivity contribution in [3.05, 3.63) is 156 Å². The van der Waals surface area contributed by atoms with Crippen LogP contribution in [0.5, 0.6) is 0 Å². The molecule has 192 valence electrons. The van der Waals surface area contributed by atoms with Crippen LogP contribution in [-0.2, 0) is 0 Å². The van der Waals surface area contributed by atoms with Crippen LogP contribution >= 0.6 is 0 Å². The molecule has 3 aromatic heterocycles. The van der Waals surface area contributed by atoms with Crippen LogP contribution in [0.1, 0.15) is 11.3 Å². The van der Waals surface area contributed by atoms with Gasteiger partial charge in [0.1, 0.15) is 0 Å². The molecular weight excluding hydrogens is 498 g/mol. The minimum absolute atomic E-state index is 0.954. The van der Waals surface area contributed by atoms with E-state index in [1.54, 1.807) is 0 Å². The van der Waals surface area contributed by atoms with Crippen molar-refractivity contribution >= 4 is 55.2 Å². The fourth-order valence-electron chi connectivity index (χ4n) is 5.87. The van der Waals surface area contributed by atoms with Gasteiger partial charge in [0.25, 0.3) is 0 Å². The number of hydrogen-bond donors (Lipinski definition) is 1. The Kier molecular flexibility index (Phi) is 5.46. The Morgan fingerprint density at radius 2 is 1.27 bits per heavy atom. The number of nitrogens with one attached hydrogen (secondary N) is 1. The maximum Gasteiger partial charge on any atom is 0.0728 e. The molecule has 3 heteroatoms. The highest BCUT2D eigenvalue weighted by Gasteiger charge is 2.08. The monoisotopic (exact) mass is 523 g/mol. The van der Waals surface area contributed by atoms with Gasteiger partial charge in [0.15, 0.2) is 0 Å². The number of nitrogens with zero attached hydrogens (tertiary/aromatic N) is 2. The number of fused-ring (bicyclic) bond motifs is 5. The fourth-order valence-corrected chi connectivity index (χ4v) is 5.87. The van der Waals surface area contributed by atoms with Crippen LogP contribution in [0.4, 0.5) is 0 Å². The van der Waals surface area contributed by atoms with Gasteiger partial charge in [-0.25, -0.2) is 0 Å². The molecule has 0 aliphatic rings. The maximum absolute atomic E-state index is 4.76. The zero-order valence-corrected chi connectivity index (χ0v) is 22.3. The molecular formula is C38H25N3. The first-order valence-corrected chi connectivity index (χ1v) is 13.8. The van der Waals surface area contributed by atoms with Gasteiger partial charge in [-0.1, -0.05) is 103 Å². The van der Waals surface area contributed by atoms with E-state index in [1.165, 1.54) is 32.3 Å². The summed E-state index contributed by atoms with van der Waals surface area (Å²) in [6.45, 7) is 0. The van der Waals surface area contributed by atoms with Crippen molar-refractivity contribution in [1.29, 1.82) is 0 Å². The lowest BCUT2D eigenvalue weighted by atomic mass is 10.0. The Hall–Kier alpha value is -5.54. The number of benzene rings is 5. The molecule has 0 saturated heterocycles. The third-order valence-electron chi connectivity index (χ3n) is 7.87. The van der Waals surface area contributed by atoms with Gasteiger partial charge in [-0.05, 0) is 57.5 Å². The SMILES string of the molecule is C(/c1nccc2ccccc12)=c1/[nH]/c(=C\c2cccc(-c3cc4ccccc4cn3)c2)c2c1ccc1ccccc12. The van der Waals surface area contributed by atoms with Crippen LogP contribution in [0.3, 0.4) is 0 Å². The number of aromatic nitrogens is 3. The normalized spacial score (nSPS) is 12.7. The first-order valence-electron chi connectivity index (χ1n) is 13.8. The van der Waals surface area contributed by atoms with E-state index in [0.29, 0.717) is 0 Å². The summed E-state index contributed by atoms with van der Waals surface area (Å²) in [5.41, 5.74) is 4.13. The lowest BCUT2D eigenvalue weighted by Crippen LogP contribution is -2.10. The molecule has 0 atom stereocenters. The molecule has 3 heterocycles. The van der Waals surface area contributed by atoms with Crippen molar-refractivity contribution in [3.63, 3.8) is 0 Å². The van der Waals surface area contributed by atoms with E-state index in [9.17, 15) is 0 Å². The number of aromatic amines is 1. The van der Waals surface area contributed by atoms with Gasteiger partial charge in [0.05, 0.1) is 11.4 Å². The van der Waals surface area contributed by atoms with Gasteiger partial charge in [0, 0.05) is 50.2 Å². The van der Waals surface area contributed by atoms with Crippen LogP contribution in [-0.4, -0.2) is 15.0 Å². The first kappa shape index (κ1) is 23.4. The van der Waals surface area contributed by atoms with Crippen molar-refractivity contribution in [1.82, 2.24) is 15.0 Å². The summed E-state index contributed by atoms with van der Waals surface area (Å²) in [7, 11) is 0. The first-order chi connectivity index (χ1) is 20.3. The summed E-state index contributed by atoms with van der Waals surface area (Å²) in [5.74, 6) is 0. The fraction of sp³-hybridized carbons (Fsp3) is 0. The lowest BCUT2D eigenvalue weighted by molar-refractivity contribution is 1.26. The lowest BCUT2D eigenvalue weighted by Gasteiger charge is -2.04. The van der Waals surface area contributed by atoms with Crippen LogP contribution in [0.2, 0.25) is 0 Å². The predicted molar refractivity (Wildman–Crippen MR) is 171 cm³/mol. The largest absolute Gasteiger partial charge is 0.354 e. The number of rotatable bonds is 3. The molecule has 0 unspecified atom stereocenters. The summed E-state index contributed by atoms with van der Waals surface area (Å²) >= 11 is 0. The molecule has 1 N–H and O–H groups in total. The topological polar surface area (TPSA) is 41.6 Å². The van der Waals surface area contributed by atoms with Gasteiger partial charge >= 0.3 is 0 Å². The highest BCUT2D eigenvalue weighted by Crippen LogP contribution is 2.25. The molecule has 8 rings (SSSR count). The van der Waals surface area contributed by atoms with Crippen LogP contribution < -0.4 is 10.7 Å². The molecule has 0 spiro atoms. The van der Waals surface area contributed by atoms with E-state index in [-0.39, 0.29) is 0 Å². The van der Waals surface area contributed by atoms with Gasteiger partial charge in [-0.15, -0.1) is 0 Å². The highest BCUT2D eigenvalue weighted by molar-refractivity contribution is 6.08. The summed E-state index contributed by atoms with van der Waals surface area (Å²) < 4.78 is 0. The molecule has 0 radical (unpaired) electrons. The summed E-state index contributed by atoms with van der Waals surface area (Å²) in [6, 6.07) is 42.6. The van der Waals surface area contributed by atoms with Gasteiger partial charge in [0.2, 0.25) is 0 Å². The van der Waals surface area contributed by atoms with Crippen molar-refractivity contribution in [2.75, 3.05) is 0 Å². The van der Waals surface area contributed by atoms with Crippen LogP contribution in [0.25, 0.3) is 66.5 Å². The Morgan fingerprint density at radius 3 is 2.15 bits per heavy atom. The van der Waals surface area contributed by atoms with Crippen LogP contribution in [0, 0.1) is 0 Å². The Labute approximate surface area is 236 Å². The quantitative estimate of drug-likeness (QED) is 0.257. The number of pyridine rings is 2. The van der Waals surface area contributed by atoms with E-state index in [4.69, 9.17) is 9.97 Å². The van der Waals surface area contributed by atoms with E-state index in [2.05, 4.69) is 132 Å². The second kappa shape index (κ2) is 9.58. The minimum Gasteiger partial charge on any atom is -0.354 e. The number of hydrogen-bond acceptors (Lipinski definition) is 2. The molecule has 0 aliphatic heterocycles. The standard InChI is InChI=1S/C38H25N3/c1-2-12-30-24-40-34(22-28(30)11-1)29-13-7-8-25(20-29)21-37-38-32-15-6-4-9-26(32)16-17-33(38)36(41-37)23-35-31-14-5-3-10-27(31)18-19-39-35/h1-24,41H/b36-23-,37-21-. The molecule has 8 aromatic rings. The Balaban J connectivity index is 1.35. The Morgan fingerprint density at radius 1 is 0.512 bits per heavy atom. The van der Waals surface area contributed by atoms with E-state index < -0.39 is 0 Å². The summed E-state index contributed by atoms with van der Waals surface area (Å²) in [4.78, 5) is 13.3. The van der Waals surface area contributed by atoms with E-state index >= 15 is 0 Å². The molecule has 41 heavy (non-hydrogen) atoms. The third kappa shape index (κ3) is 4.16. The third-order valence-corrected chi connectivity index (χ3v) is 7.87.